The molecular formula is C15H16N6O. The Morgan fingerprint density at radius 3 is 2.77 bits per heavy atom. The van der Waals surface area contributed by atoms with Gasteiger partial charge >= 0.3 is 0 Å². The number of carbonyl (C=O) groups excluding carboxylic acids is 1. The molecule has 1 aliphatic rings. The van der Waals surface area contributed by atoms with E-state index in [2.05, 4.69) is 16.2 Å². The summed E-state index contributed by atoms with van der Waals surface area (Å²) in [6.07, 6.45) is 3.50. The second kappa shape index (κ2) is 5.48. The molecule has 0 atom stereocenters. The highest BCUT2D eigenvalue weighted by molar-refractivity contribution is 5.97. The minimum atomic E-state index is -0.0218. The number of hydrogen-bond acceptors (Lipinski definition) is 5. The summed E-state index contributed by atoms with van der Waals surface area (Å²) in [5.41, 5.74) is 2.12. The third-order valence-corrected chi connectivity index (χ3v) is 3.66. The lowest BCUT2D eigenvalue weighted by Gasteiger charge is -2.34. The number of nitrogens with zero attached hydrogens (tertiary/aromatic N) is 6. The molecule has 7 nitrogen and oxygen atoms in total. The fourth-order valence-electron chi connectivity index (χ4n) is 2.55. The van der Waals surface area contributed by atoms with E-state index in [9.17, 15) is 10.1 Å². The van der Waals surface area contributed by atoms with Crippen molar-refractivity contribution in [3.63, 3.8) is 0 Å². The number of anilines is 2. The van der Waals surface area contributed by atoms with Crippen LogP contribution in [0, 0.1) is 18.3 Å². The molecule has 1 saturated heterocycles. The maximum atomic E-state index is 12.4. The largest absolute Gasteiger partial charge is 0.344 e. The zero-order valence-corrected chi connectivity index (χ0v) is 12.5. The van der Waals surface area contributed by atoms with E-state index in [4.69, 9.17) is 0 Å². The smallest absolute Gasteiger partial charge is 0.246 e. The number of amides is 1. The molecule has 112 valence electrons. The normalized spacial score (nSPS) is 15.0. The van der Waals surface area contributed by atoms with Crippen LogP contribution in [0.5, 0.6) is 0 Å². The molecule has 0 radical (unpaired) electrons. The first-order valence-corrected chi connectivity index (χ1v) is 7.00. The first kappa shape index (κ1) is 14.1. The maximum Gasteiger partial charge on any atom is 0.246 e. The van der Waals surface area contributed by atoms with Crippen LogP contribution in [0.2, 0.25) is 0 Å². The van der Waals surface area contributed by atoms with E-state index < -0.39 is 0 Å². The molecule has 0 bridgehead atoms. The second-order valence-corrected chi connectivity index (χ2v) is 5.27. The van der Waals surface area contributed by atoms with Gasteiger partial charge in [0.1, 0.15) is 11.9 Å². The van der Waals surface area contributed by atoms with Gasteiger partial charge in [-0.05, 0) is 19.1 Å². The van der Waals surface area contributed by atoms with Crippen LogP contribution in [0.25, 0.3) is 0 Å². The van der Waals surface area contributed by atoms with Crippen molar-refractivity contribution in [3.05, 3.63) is 35.8 Å². The standard InChI is InChI=1S/C15H16N6O/c1-11-3-4-12(7-16)15(18-11)20-5-6-21(14(22)10-20)13-8-17-19(2)9-13/h3-4,8-9H,5-6,10H2,1-2H3. The number of aromatic nitrogens is 3. The molecule has 0 aliphatic carbocycles. The lowest BCUT2D eigenvalue weighted by atomic mass is 10.2. The van der Waals surface area contributed by atoms with Gasteiger partial charge in [-0.15, -0.1) is 0 Å². The van der Waals surface area contributed by atoms with Gasteiger partial charge in [-0.25, -0.2) is 4.98 Å². The Kier molecular flexibility index (Phi) is 3.51. The number of rotatable bonds is 2. The molecule has 22 heavy (non-hydrogen) atoms. The molecule has 1 aliphatic heterocycles. The number of nitriles is 1. The monoisotopic (exact) mass is 296 g/mol. The summed E-state index contributed by atoms with van der Waals surface area (Å²) in [5.74, 6) is 0.563. The first-order chi connectivity index (χ1) is 10.6. The van der Waals surface area contributed by atoms with Gasteiger partial charge in [0.25, 0.3) is 0 Å². The molecule has 0 N–H and O–H groups in total. The van der Waals surface area contributed by atoms with Gasteiger partial charge < -0.3 is 9.80 Å². The predicted octanol–water partition coefficient (Wildman–Crippen LogP) is 0.848. The van der Waals surface area contributed by atoms with Crippen LogP contribution >= 0.6 is 0 Å². The average Bonchev–Trinajstić information content (AvgIpc) is 2.93. The minimum absolute atomic E-state index is 0.0218. The summed E-state index contributed by atoms with van der Waals surface area (Å²) in [6, 6.07) is 5.69. The molecule has 3 heterocycles. The van der Waals surface area contributed by atoms with E-state index >= 15 is 0 Å². The van der Waals surface area contributed by atoms with Crippen LogP contribution in [0.1, 0.15) is 11.3 Å². The van der Waals surface area contributed by atoms with Crippen molar-refractivity contribution in [1.29, 1.82) is 5.26 Å². The van der Waals surface area contributed by atoms with Gasteiger partial charge in [-0.2, -0.15) is 10.4 Å². The molecule has 2 aromatic heterocycles. The zero-order valence-electron chi connectivity index (χ0n) is 12.5. The van der Waals surface area contributed by atoms with Crippen LogP contribution in [-0.4, -0.2) is 40.3 Å². The fraction of sp³-hybridized carbons (Fsp3) is 0.333. The molecule has 0 unspecified atom stereocenters. The van der Waals surface area contributed by atoms with E-state index in [1.807, 2.05) is 25.1 Å². The highest BCUT2D eigenvalue weighted by atomic mass is 16.2. The van der Waals surface area contributed by atoms with Gasteiger partial charge in [0, 0.05) is 32.0 Å². The van der Waals surface area contributed by atoms with Crippen molar-refractivity contribution < 1.29 is 4.79 Å². The number of pyridine rings is 1. The summed E-state index contributed by atoms with van der Waals surface area (Å²) < 4.78 is 1.67. The third kappa shape index (κ3) is 2.51. The molecule has 0 aromatic carbocycles. The Labute approximate surface area is 128 Å². The van der Waals surface area contributed by atoms with E-state index in [1.54, 1.807) is 27.9 Å². The van der Waals surface area contributed by atoms with Crippen LogP contribution in [0.4, 0.5) is 11.5 Å². The molecule has 7 heteroatoms. The van der Waals surface area contributed by atoms with E-state index in [1.165, 1.54) is 0 Å². The Hall–Kier alpha value is -2.88. The van der Waals surface area contributed by atoms with Gasteiger partial charge in [0.05, 0.1) is 24.0 Å². The van der Waals surface area contributed by atoms with Crippen molar-refractivity contribution in [2.75, 3.05) is 29.4 Å². The lowest BCUT2D eigenvalue weighted by molar-refractivity contribution is -0.117. The summed E-state index contributed by atoms with van der Waals surface area (Å²) in [7, 11) is 1.82. The van der Waals surface area contributed by atoms with Crippen LogP contribution in [0.15, 0.2) is 24.5 Å². The fourth-order valence-corrected chi connectivity index (χ4v) is 2.55. The Balaban J connectivity index is 1.82. The molecule has 3 rings (SSSR count). The summed E-state index contributed by atoms with van der Waals surface area (Å²) in [6.45, 7) is 3.26. The predicted molar refractivity (Wildman–Crippen MR) is 81.5 cm³/mol. The number of hydrogen-bond donors (Lipinski definition) is 0. The van der Waals surface area contributed by atoms with Gasteiger partial charge in [0.15, 0.2) is 0 Å². The molecular weight excluding hydrogens is 280 g/mol. The first-order valence-electron chi connectivity index (χ1n) is 7.00. The second-order valence-electron chi connectivity index (χ2n) is 5.27. The number of aryl methyl sites for hydroxylation is 2. The summed E-state index contributed by atoms with van der Waals surface area (Å²) in [4.78, 5) is 20.4. The third-order valence-electron chi connectivity index (χ3n) is 3.66. The highest BCUT2D eigenvalue weighted by Gasteiger charge is 2.27. The maximum absolute atomic E-state index is 12.4. The number of piperazine rings is 1. The van der Waals surface area contributed by atoms with E-state index in [0.29, 0.717) is 24.5 Å². The summed E-state index contributed by atoms with van der Waals surface area (Å²) >= 11 is 0. The number of carbonyl (C=O) groups is 1. The van der Waals surface area contributed by atoms with Crippen molar-refractivity contribution in [3.8, 4) is 6.07 Å². The van der Waals surface area contributed by atoms with Crippen LogP contribution in [-0.2, 0) is 11.8 Å². The van der Waals surface area contributed by atoms with Crippen molar-refractivity contribution in [2.45, 2.75) is 6.92 Å². The molecule has 1 fully saturated rings. The Bertz CT molecular complexity index is 760. The molecule has 0 saturated carbocycles. The SMILES string of the molecule is Cc1ccc(C#N)c(N2CCN(c3cnn(C)c3)C(=O)C2)n1. The summed E-state index contributed by atoms with van der Waals surface area (Å²) in [5, 5.41) is 13.3. The van der Waals surface area contributed by atoms with E-state index in [0.717, 1.165) is 11.4 Å². The average molecular weight is 296 g/mol. The zero-order chi connectivity index (χ0) is 15.7. The Morgan fingerprint density at radius 2 is 2.14 bits per heavy atom. The highest BCUT2D eigenvalue weighted by Crippen LogP contribution is 2.22. The van der Waals surface area contributed by atoms with Gasteiger partial charge in [-0.1, -0.05) is 0 Å². The van der Waals surface area contributed by atoms with Crippen LogP contribution < -0.4 is 9.80 Å². The lowest BCUT2D eigenvalue weighted by Crippen LogP contribution is -2.51. The molecule has 1 amide bonds. The van der Waals surface area contributed by atoms with Gasteiger partial charge in [-0.3, -0.25) is 9.48 Å². The molecule has 0 spiro atoms. The van der Waals surface area contributed by atoms with Crippen molar-refractivity contribution >= 4 is 17.4 Å². The minimum Gasteiger partial charge on any atom is -0.344 e. The quantitative estimate of drug-likeness (QED) is 0.821. The topological polar surface area (TPSA) is 78.0 Å². The van der Waals surface area contributed by atoms with Crippen LogP contribution in [0.3, 0.4) is 0 Å². The molecule has 2 aromatic rings. The van der Waals surface area contributed by atoms with Crippen molar-refractivity contribution in [1.82, 2.24) is 14.8 Å². The van der Waals surface area contributed by atoms with Gasteiger partial charge in [0.2, 0.25) is 5.91 Å². The Morgan fingerprint density at radius 1 is 1.32 bits per heavy atom. The van der Waals surface area contributed by atoms with E-state index in [-0.39, 0.29) is 12.5 Å². The van der Waals surface area contributed by atoms with Crippen molar-refractivity contribution in [2.24, 2.45) is 7.05 Å².